The number of esters is 1. The third-order valence-corrected chi connectivity index (χ3v) is 5.83. The normalized spacial score (nSPS) is 19.8. The molecule has 0 radical (unpaired) electrons. The number of benzene rings is 1. The van der Waals surface area contributed by atoms with Crippen LogP contribution in [0.2, 0.25) is 0 Å². The van der Waals surface area contributed by atoms with Crippen molar-refractivity contribution in [1.29, 1.82) is 0 Å². The van der Waals surface area contributed by atoms with Crippen molar-refractivity contribution in [3.8, 4) is 0 Å². The molecular weight excluding hydrogens is 429 g/mol. The molecule has 180 valence electrons. The highest BCUT2D eigenvalue weighted by molar-refractivity contribution is 5.95. The number of rotatable bonds is 6. The van der Waals surface area contributed by atoms with Crippen molar-refractivity contribution in [1.82, 2.24) is 25.3 Å². The maximum atomic E-state index is 13.9. The number of ether oxygens (including phenoxy) is 1. The van der Waals surface area contributed by atoms with E-state index in [1.54, 1.807) is 31.0 Å². The van der Waals surface area contributed by atoms with Crippen LogP contribution in [0.3, 0.4) is 0 Å². The molecule has 0 saturated carbocycles. The van der Waals surface area contributed by atoms with Gasteiger partial charge in [-0.15, -0.1) is 0 Å². The molecule has 10 heteroatoms. The number of carbonyl (C=O) groups is 3. The van der Waals surface area contributed by atoms with Gasteiger partial charge in [0.1, 0.15) is 5.82 Å². The van der Waals surface area contributed by atoms with Gasteiger partial charge in [-0.2, -0.15) is 0 Å². The van der Waals surface area contributed by atoms with Gasteiger partial charge in [0.05, 0.1) is 18.2 Å². The zero-order valence-electron chi connectivity index (χ0n) is 19.4. The molecule has 2 heterocycles. The lowest BCUT2D eigenvalue weighted by atomic mass is 9.94. The molecule has 4 amide bonds. The number of amides is 4. The summed E-state index contributed by atoms with van der Waals surface area (Å²) in [5.74, 6) is -1.00. The summed E-state index contributed by atoms with van der Waals surface area (Å²) in [4.78, 5) is 43.3. The first-order valence-electron chi connectivity index (χ1n) is 11.3. The Hall–Kier alpha value is -3.14. The van der Waals surface area contributed by atoms with Gasteiger partial charge in [-0.3, -0.25) is 9.80 Å². The van der Waals surface area contributed by atoms with Crippen molar-refractivity contribution in [2.45, 2.75) is 26.3 Å². The topological polar surface area (TPSA) is 94.2 Å². The first-order valence-corrected chi connectivity index (χ1v) is 11.3. The molecule has 2 aliphatic rings. The SMILES string of the molecule is CCNC(=O)N1CCCN(CC2=C(C(=O)OCC)[C@@H](c3cccc(F)c3)NC(=O)N2C)CC1. The zero-order valence-corrected chi connectivity index (χ0v) is 19.4. The van der Waals surface area contributed by atoms with E-state index in [9.17, 15) is 18.8 Å². The van der Waals surface area contributed by atoms with Gasteiger partial charge < -0.3 is 20.3 Å². The lowest BCUT2D eigenvalue weighted by molar-refractivity contribution is -0.139. The summed E-state index contributed by atoms with van der Waals surface area (Å²) in [6.45, 7) is 7.13. The molecule has 1 saturated heterocycles. The van der Waals surface area contributed by atoms with Gasteiger partial charge in [-0.25, -0.2) is 18.8 Å². The molecular formula is C23H32FN5O4. The van der Waals surface area contributed by atoms with E-state index >= 15 is 0 Å². The highest BCUT2D eigenvalue weighted by Gasteiger charge is 2.37. The van der Waals surface area contributed by atoms with E-state index in [1.807, 2.05) is 6.92 Å². The fourth-order valence-electron chi connectivity index (χ4n) is 4.14. The van der Waals surface area contributed by atoms with Crippen molar-refractivity contribution < 1.29 is 23.5 Å². The summed E-state index contributed by atoms with van der Waals surface area (Å²) >= 11 is 0. The highest BCUT2D eigenvalue weighted by Crippen LogP contribution is 2.31. The standard InChI is InChI=1S/C23H32FN5O4/c1-4-25-22(31)29-11-7-10-28(12-13-29)15-18-19(21(30)33-5-2)20(26-23(32)27(18)3)16-8-6-9-17(24)14-16/h6,8-9,14,20H,4-5,7,10-13,15H2,1-3H3,(H,25,31)(H,26,32)/t20-/m1/s1. The van der Waals surface area contributed by atoms with Crippen LogP contribution in [0, 0.1) is 5.82 Å². The largest absolute Gasteiger partial charge is 0.463 e. The molecule has 0 bridgehead atoms. The van der Waals surface area contributed by atoms with E-state index < -0.39 is 17.8 Å². The number of nitrogens with one attached hydrogen (secondary N) is 2. The molecule has 0 unspecified atom stereocenters. The average molecular weight is 462 g/mol. The van der Waals surface area contributed by atoms with Crippen molar-refractivity contribution in [3.05, 3.63) is 46.9 Å². The summed E-state index contributed by atoms with van der Waals surface area (Å²) in [7, 11) is 1.60. The minimum atomic E-state index is -0.822. The summed E-state index contributed by atoms with van der Waals surface area (Å²) < 4.78 is 19.3. The second-order valence-electron chi connectivity index (χ2n) is 8.03. The Morgan fingerprint density at radius 2 is 2.00 bits per heavy atom. The molecule has 0 aromatic heterocycles. The quantitative estimate of drug-likeness (QED) is 0.633. The molecule has 1 fully saturated rings. The maximum Gasteiger partial charge on any atom is 0.338 e. The van der Waals surface area contributed by atoms with Crippen LogP contribution in [-0.4, -0.2) is 85.7 Å². The Labute approximate surface area is 193 Å². The summed E-state index contributed by atoms with van der Waals surface area (Å²) in [6, 6.07) is 4.54. The van der Waals surface area contributed by atoms with E-state index in [0.29, 0.717) is 50.5 Å². The van der Waals surface area contributed by atoms with E-state index in [0.717, 1.165) is 6.42 Å². The van der Waals surface area contributed by atoms with Crippen LogP contribution >= 0.6 is 0 Å². The number of urea groups is 2. The van der Waals surface area contributed by atoms with Crippen molar-refractivity contribution in [2.24, 2.45) is 0 Å². The molecule has 0 spiro atoms. The molecule has 1 atom stereocenters. The van der Waals surface area contributed by atoms with E-state index in [4.69, 9.17) is 4.74 Å². The fraction of sp³-hybridized carbons (Fsp3) is 0.522. The zero-order chi connectivity index (χ0) is 24.0. The van der Waals surface area contributed by atoms with Crippen LogP contribution in [0.25, 0.3) is 0 Å². The van der Waals surface area contributed by atoms with Crippen LogP contribution in [0.5, 0.6) is 0 Å². The molecule has 0 aliphatic carbocycles. The molecule has 9 nitrogen and oxygen atoms in total. The van der Waals surface area contributed by atoms with Gasteiger partial charge in [0, 0.05) is 52.0 Å². The van der Waals surface area contributed by atoms with E-state index in [2.05, 4.69) is 15.5 Å². The second kappa shape index (κ2) is 11.1. The Morgan fingerprint density at radius 1 is 1.21 bits per heavy atom. The van der Waals surface area contributed by atoms with Gasteiger partial charge in [-0.05, 0) is 38.0 Å². The summed E-state index contributed by atoms with van der Waals surface area (Å²) in [5, 5.41) is 5.62. The van der Waals surface area contributed by atoms with Crippen molar-refractivity contribution in [2.75, 3.05) is 52.9 Å². The Balaban J connectivity index is 1.92. The Kier molecular flexibility index (Phi) is 8.26. The summed E-state index contributed by atoms with van der Waals surface area (Å²) in [5.41, 5.74) is 1.27. The van der Waals surface area contributed by atoms with Gasteiger partial charge >= 0.3 is 18.0 Å². The third-order valence-electron chi connectivity index (χ3n) is 5.83. The predicted molar refractivity (Wildman–Crippen MR) is 121 cm³/mol. The van der Waals surface area contributed by atoms with Crippen LogP contribution in [0.1, 0.15) is 31.9 Å². The van der Waals surface area contributed by atoms with E-state index in [1.165, 1.54) is 17.0 Å². The van der Waals surface area contributed by atoms with Crippen LogP contribution in [0.4, 0.5) is 14.0 Å². The minimum absolute atomic E-state index is 0.0916. The highest BCUT2D eigenvalue weighted by atomic mass is 19.1. The van der Waals surface area contributed by atoms with Gasteiger partial charge in [0.15, 0.2) is 0 Å². The fourth-order valence-corrected chi connectivity index (χ4v) is 4.14. The average Bonchev–Trinajstić information content (AvgIpc) is 3.02. The maximum absolute atomic E-state index is 13.9. The lowest BCUT2D eigenvalue weighted by Gasteiger charge is -2.36. The van der Waals surface area contributed by atoms with Gasteiger partial charge in [-0.1, -0.05) is 12.1 Å². The number of hydrogen-bond acceptors (Lipinski definition) is 5. The first-order chi connectivity index (χ1) is 15.8. The predicted octanol–water partition coefficient (Wildman–Crippen LogP) is 2.08. The Bertz CT molecular complexity index is 922. The number of likely N-dealkylation sites (N-methyl/N-ethyl adjacent to an activating group) is 1. The summed E-state index contributed by atoms with van der Waals surface area (Å²) in [6.07, 6.45) is 0.766. The smallest absolute Gasteiger partial charge is 0.338 e. The number of carbonyl (C=O) groups excluding carboxylic acids is 3. The molecule has 33 heavy (non-hydrogen) atoms. The minimum Gasteiger partial charge on any atom is -0.463 e. The van der Waals surface area contributed by atoms with E-state index in [-0.39, 0.29) is 24.2 Å². The third kappa shape index (κ3) is 5.81. The number of hydrogen-bond donors (Lipinski definition) is 2. The van der Waals surface area contributed by atoms with Crippen molar-refractivity contribution in [3.63, 3.8) is 0 Å². The first kappa shape index (κ1) is 24.5. The number of halogens is 1. The van der Waals surface area contributed by atoms with Gasteiger partial charge in [0.2, 0.25) is 0 Å². The monoisotopic (exact) mass is 461 g/mol. The Morgan fingerprint density at radius 3 is 2.70 bits per heavy atom. The molecule has 2 aliphatic heterocycles. The molecule has 1 aromatic rings. The molecule has 1 aromatic carbocycles. The van der Waals surface area contributed by atoms with Crippen LogP contribution in [-0.2, 0) is 9.53 Å². The van der Waals surface area contributed by atoms with Crippen LogP contribution < -0.4 is 10.6 Å². The van der Waals surface area contributed by atoms with Crippen molar-refractivity contribution >= 4 is 18.0 Å². The molecule has 2 N–H and O–H groups in total. The van der Waals surface area contributed by atoms with Crippen LogP contribution in [0.15, 0.2) is 35.5 Å². The number of nitrogens with zero attached hydrogens (tertiary/aromatic N) is 3. The molecule has 3 rings (SSSR count). The second-order valence-corrected chi connectivity index (χ2v) is 8.03. The van der Waals surface area contributed by atoms with Gasteiger partial charge in [0.25, 0.3) is 0 Å². The lowest BCUT2D eigenvalue weighted by Crippen LogP contribution is -2.49.